The first-order valence-corrected chi connectivity index (χ1v) is 17.8. The summed E-state index contributed by atoms with van der Waals surface area (Å²) in [6, 6.07) is 22.5. The minimum Gasteiger partial charge on any atom is -0.491 e. The predicted molar refractivity (Wildman–Crippen MR) is 190 cm³/mol. The number of rotatable bonds is 12. The van der Waals surface area contributed by atoms with Gasteiger partial charge in [0.05, 0.1) is 18.0 Å². The highest BCUT2D eigenvalue weighted by atomic mass is 32.2. The molecule has 2 aliphatic rings. The second kappa shape index (κ2) is 14.7. The standard InChI is InChI=1S/C36H41FN8O4S/c1-4-26(2)44-25-40-45(35(44)46)31-11-9-29(10-12-31)42-17-19-43(20-18-42)30-13-15-32(16-14-30)47-21-33-22-48-36(49-33,27-5-7-28(37)8-6-27)23-50-34-38-24-39-41(34)3/h5-16,24-26,33H,4,17-23H2,1-3H3/t26?,33-,36-/m1/s1. The molecular formula is C36H41FN8O4S. The van der Waals surface area contributed by atoms with Crippen molar-refractivity contribution in [3.63, 3.8) is 0 Å². The number of nitrogens with zero attached hydrogens (tertiary/aromatic N) is 8. The van der Waals surface area contributed by atoms with Gasteiger partial charge in [0.2, 0.25) is 5.79 Å². The molecule has 2 saturated heterocycles. The molecule has 2 aliphatic heterocycles. The average Bonchev–Trinajstić information content (AvgIpc) is 3.88. The third-order valence-electron chi connectivity index (χ3n) is 9.34. The monoisotopic (exact) mass is 700 g/mol. The number of ether oxygens (including phenoxy) is 3. The zero-order valence-electron chi connectivity index (χ0n) is 28.4. The number of thioether (sulfide) groups is 1. The topological polar surface area (TPSA) is 105 Å². The van der Waals surface area contributed by atoms with E-state index in [-0.39, 0.29) is 23.7 Å². The molecule has 3 atom stereocenters. The van der Waals surface area contributed by atoms with E-state index in [9.17, 15) is 9.18 Å². The van der Waals surface area contributed by atoms with Crippen LogP contribution in [0.25, 0.3) is 5.69 Å². The number of halogens is 1. The van der Waals surface area contributed by atoms with Gasteiger partial charge in [-0.2, -0.15) is 14.9 Å². The van der Waals surface area contributed by atoms with Gasteiger partial charge in [-0.15, -0.1) is 0 Å². The molecule has 1 unspecified atom stereocenters. The SMILES string of the molecule is CCC(C)n1cnn(-c2ccc(N3CCN(c4ccc(OC[C@@H]5CO[C@@](CSc6ncnn6C)(c6ccc(F)cc6)O5)cc4)CC3)cc2)c1=O. The molecule has 0 amide bonds. The number of benzene rings is 3. The molecule has 0 N–H and O–H groups in total. The van der Waals surface area contributed by atoms with E-state index in [1.165, 1.54) is 34.9 Å². The van der Waals surface area contributed by atoms with Crippen LogP contribution in [0.15, 0.2) is 95.4 Å². The van der Waals surface area contributed by atoms with Crippen molar-refractivity contribution in [2.24, 2.45) is 7.05 Å². The van der Waals surface area contributed by atoms with E-state index >= 15 is 0 Å². The summed E-state index contributed by atoms with van der Waals surface area (Å²) in [5, 5.41) is 9.19. The van der Waals surface area contributed by atoms with Gasteiger partial charge < -0.3 is 24.0 Å². The van der Waals surface area contributed by atoms with Crippen LogP contribution in [-0.2, 0) is 22.3 Å². The highest BCUT2D eigenvalue weighted by Crippen LogP contribution is 2.39. The van der Waals surface area contributed by atoms with Crippen LogP contribution in [0.1, 0.15) is 31.9 Å². The van der Waals surface area contributed by atoms with Crippen LogP contribution in [0.4, 0.5) is 15.8 Å². The first-order valence-electron chi connectivity index (χ1n) is 16.9. The fourth-order valence-electron chi connectivity index (χ4n) is 6.20. The third kappa shape index (κ3) is 7.14. The maximum Gasteiger partial charge on any atom is 0.350 e. The quantitative estimate of drug-likeness (QED) is 0.165. The van der Waals surface area contributed by atoms with Crippen molar-refractivity contribution in [3.05, 3.63) is 107 Å². The van der Waals surface area contributed by atoms with Gasteiger partial charge in [-0.3, -0.25) is 4.57 Å². The van der Waals surface area contributed by atoms with E-state index in [2.05, 4.69) is 56.2 Å². The van der Waals surface area contributed by atoms with Gasteiger partial charge in [-0.05, 0) is 74.0 Å². The van der Waals surface area contributed by atoms with Crippen molar-refractivity contribution in [3.8, 4) is 11.4 Å². The molecule has 0 aliphatic carbocycles. The smallest absolute Gasteiger partial charge is 0.350 e. The molecule has 7 rings (SSSR count). The van der Waals surface area contributed by atoms with Gasteiger partial charge in [0.25, 0.3) is 0 Å². The van der Waals surface area contributed by atoms with Crippen molar-refractivity contribution < 1.29 is 18.6 Å². The maximum atomic E-state index is 13.7. The van der Waals surface area contributed by atoms with Crippen LogP contribution in [0, 0.1) is 5.82 Å². The number of anilines is 2. The highest BCUT2D eigenvalue weighted by Gasteiger charge is 2.44. The fourth-order valence-corrected chi connectivity index (χ4v) is 7.19. The Balaban J connectivity index is 0.914. The number of aryl methyl sites for hydroxylation is 1. The Labute approximate surface area is 294 Å². The molecule has 0 radical (unpaired) electrons. The van der Waals surface area contributed by atoms with E-state index in [1.807, 2.05) is 38.2 Å². The largest absolute Gasteiger partial charge is 0.491 e. The summed E-state index contributed by atoms with van der Waals surface area (Å²) in [4.78, 5) is 21.8. The third-order valence-corrected chi connectivity index (χ3v) is 10.5. The predicted octanol–water partition coefficient (Wildman–Crippen LogP) is 5.04. The van der Waals surface area contributed by atoms with Crippen LogP contribution in [0.5, 0.6) is 5.75 Å². The van der Waals surface area contributed by atoms with Crippen LogP contribution >= 0.6 is 11.8 Å². The molecule has 2 aromatic heterocycles. The van der Waals surface area contributed by atoms with Crippen LogP contribution in [-0.4, -0.2) is 80.4 Å². The number of hydrogen-bond donors (Lipinski definition) is 0. The van der Waals surface area contributed by atoms with Gasteiger partial charge in [-0.1, -0.05) is 30.8 Å². The lowest BCUT2D eigenvalue weighted by Gasteiger charge is -2.37. The zero-order chi connectivity index (χ0) is 34.7. The molecule has 12 nitrogen and oxygen atoms in total. The van der Waals surface area contributed by atoms with Crippen molar-refractivity contribution >= 4 is 23.1 Å². The summed E-state index contributed by atoms with van der Waals surface area (Å²) in [7, 11) is 1.83. The summed E-state index contributed by atoms with van der Waals surface area (Å²) in [6.45, 7) is 8.24. The number of hydrogen-bond acceptors (Lipinski definition) is 10. The Morgan fingerprint density at radius 3 is 2.20 bits per heavy atom. The van der Waals surface area contributed by atoms with Crippen molar-refractivity contribution in [2.75, 3.05) is 54.9 Å². The van der Waals surface area contributed by atoms with E-state index in [1.54, 1.807) is 27.7 Å². The number of piperazine rings is 1. The molecule has 4 heterocycles. The fraction of sp³-hybridized carbons (Fsp3) is 0.389. The molecule has 3 aromatic carbocycles. The first-order chi connectivity index (χ1) is 24.3. The highest BCUT2D eigenvalue weighted by molar-refractivity contribution is 7.99. The Morgan fingerprint density at radius 2 is 1.58 bits per heavy atom. The number of aromatic nitrogens is 6. The Morgan fingerprint density at radius 1 is 0.940 bits per heavy atom. The van der Waals surface area contributed by atoms with Crippen molar-refractivity contribution in [1.82, 2.24) is 29.1 Å². The first kappa shape index (κ1) is 33.8. The average molecular weight is 701 g/mol. The Hall–Kier alpha value is -4.66. The summed E-state index contributed by atoms with van der Waals surface area (Å²) < 4.78 is 37.4. The van der Waals surface area contributed by atoms with Gasteiger partial charge in [0, 0.05) is 56.2 Å². The molecule has 0 saturated carbocycles. The second-order valence-corrected chi connectivity index (χ2v) is 13.5. The minimum atomic E-state index is -1.07. The van der Waals surface area contributed by atoms with Crippen LogP contribution in [0.3, 0.4) is 0 Å². The molecule has 2 fully saturated rings. The lowest BCUT2D eigenvalue weighted by atomic mass is 10.1. The van der Waals surface area contributed by atoms with Gasteiger partial charge in [0.1, 0.15) is 36.9 Å². The molecule has 14 heteroatoms. The van der Waals surface area contributed by atoms with E-state index < -0.39 is 5.79 Å². The van der Waals surface area contributed by atoms with E-state index in [0.29, 0.717) is 19.0 Å². The molecule has 50 heavy (non-hydrogen) atoms. The van der Waals surface area contributed by atoms with Gasteiger partial charge in [-0.25, -0.2) is 18.9 Å². The van der Waals surface area contributed by atoms with Gasteiger partial charge in [0.15, 0.2) is 5.16 Å². The molecular weight excluding hydrogens is 660 g/mol. The lowest BCUT2D eigenvalue weighted by Crippen LogP contribution is -2.46. The summed E-state index contributed by atoms with van der Waals surface area (Å²) >= 11 is 1.46. The van der Waals surface area contributed by atoms with E-state index in [4.69, 9.17) is 14.2 Å². The second-order valence-electron chi connectivity index (χ2n) is 12.6. The van der Waals surface area contributed by atoms with Crippen molar-refractivity contribution in [2.45, 2.75) is 43.4 Å². The van der Waals surface area contributed by atoms with Crippen LogP contribution < -0.4 is 20.2 Å². The van der Waals surface area contributed by atoms with E-state index in [0.717, 1.165) is 66.1 Å². The Bertz CT molecular complexity index is 1920. The molecule has 0 spiro atoms. The van der Waals surface area contributed by atoms with Crippen molar-refractivity contribution in [1.29, 1.82) is 0 Å². The maximum absolute atomic E-state index is 13.7. The summed E-state index contributed by atoms with van der Waals surface area (Å²) in [5.41, 5.74) is 3.64. The van der Waals surface area contributed by atoms with Gasteiger partial charge >= 0.3 is 5.69 Å². The normalized spacial score (nSPS) is 20.0. The molecule has 262 valence electrons. The Kier molecular flexibility index (Phi) is 9.92. The minimum absolute atomic E-state index is 0.111. The van der Waals surface area contributed by atoms with Crippen LogP contribution in [0.2, 0.25) is 0 Å². The lowest BCUT2D eigenvalue weighted by molar-refractivity contribution is -0.160. The summed E-state index contributed by atoms with van der Waals surface area (Å²) in [5.74, 6) is -0.221. The summed E-state index contributed by atoms with van der Waals surface area (Å²) in [6.07, 6.45) is 3.68. The molecule has 0 bridgehead atoms. The zero-order valence-corrected chi connectivity index (χ0v) is 29.2. The molecule has 5 aromatic rings.